The smallest absolute Gasteiger partial charge is 0.228 e. The Bertz CT molecular complexity index is 505. The molecule has 1 aromatic rings. The molecule has 0 spiro atoms. The highest BCUT2D eigenvalue weighted by Gasteiger charge is 2.53. The molecule has 1 N–H and O–H groups in total. The number of nitrogens with one attached hydrogen (secondary N) is 1. The number of anilines is 1. The number of allylic oxidation sites excluding steroid dienone is 2. The lowest BCUT2D eigenvalue weighted by molar-refractivity contribution is -0.117. The zero-order valence-corrected chi connectivity index (χ0v) is 12.5. The SMILES string of the molecule is CCOc1ccc(NC(=O)C2[C@@H]3CC/C=C\CC[C@@H]23)cc1. The van der Waals surface area contributed by atoms with Gasteiger partial charge < -0.3 is 10.1 Å². The molecular weight excluding hydrogens is 262 g/mol. The lowest BCUT2D eigenvalue weighted by Gasteiger charge is -2.07. The molecule has 0 saturated heterocycles. The largest absolute Gasteiger partial charge is 0.494 e. The summed E-state index contributed by atoms with van der Waals surface area (Å²) in [7, 11) is 0. The second kappa shape index (κ2) is 6.33. The molecule has 3 nitrogen and oxygen atoms in total. The molecule has 0 heterocycles. The Morgan fingerprint density at radius 3 is 2.33 bits per heavy atom. The van der Waals surface area contributed by atoms with Crippen LogP contribution >= 0.6 is 0 Å². The third-order valence-electron chi connectivity index (χ3n) is 4.57. The van der Waals surface area contributed by atoms with E-state index in [0.717, 1.165) is 37.1 Å². The van der Waals surface area contributed by atoms with Crippen molar-refractivity contribution < 1.29 is 9.53 Å². The van der Waals surface area contributed by atoms with Crippen molar-refractivity contribution in [2.75, 3.05) is 11.9 Å². The molecule has 2 aliphatic rings. The quantitative estimate of drug-likeness (QED) is 0.849. The zero-order valence-electron chi connectivity index (χ0n) is 12.5. The number of fused-ring (bicyclic) bond motifs is 1. The van der Waals surface area contributed by atoms with E-state index in [0.29, 0.717) is 18.4 Å². The van der Waals surface area contributed by atoms with Crippen molar-refractivity contribution in [3.8, 4) is 5.75 Å². The fourth-order valence-corrected chi connectivity index (χ4v) is 3.46. The van der Waals surface area contributed by atoms with Crippen LogP contribution in [-0.4, -0.2) is 12.5 Å². The van der Waals surface area contributed by atoms with Gasteiger partial charge in [-0.25, -0.2) is 0 Å². The summed E-state index contributed by atoms with van der Waals surface area (Å²) in [5.74, 6) is 2.44. The molecule has 1 aromatic carbocycles. The van der Waals surface area contributed by atoms with Gasteiger partial charge in [0.25, 0.3) is 0 Å². The molecule has 0 aliphatic heterocycles. The maximum atomic E-state index is 12.4. The first kappa shape index (κ1) is 14.2. The number of carbonyl (C=O) groups excluding carboxylic acids is 1. The first-order valence-electron chi connectivity index (χ1n) is 7.98. The van der Waals surface area contributed by atoms with Gasteiger partial charge in [0.05, 0.1) is 6.61 Å². The Hall–Kier alpha value is -1.77. The van der Waals surface area contributed by atoms with E-state index < -0.39 is 0 Å². The summed E-state index contributed by atoms with van der Waals surface area (Å²) >= 11 is 0. The third kappa shape index (κ3) is 3.29. The summed E-state index contributed by atoms with van der Waals surface area (Å²) in [5, 5.41) is 3.06. The summed E-state index contributed by atoms with van der Waals surface area (Å²) < 4.78 is 5.41. The van der Waals surface area contributed by atoms with E-state index in [4.69, 9.17) is 4.74 Å². The van der Waals surface area contributed by atoms with Crippen molar-refractivity contribution in [1.29, 1.82) is 0 Å². The molecule has 2 aliphatic carbocycles. The predicted octanol–water partition coefficient (Wildman–Crippen LogP) is 4.02. The van der Waals surface area contributed by atoms with Crippen molar-refractivity contribution in [1.82, 2.24) is 0 Å². The van der Waals surface area contributed by atoms with Crippen LogP contribution in [-0.2, 0) is 4.79 Å². The van der Waals surface area contributed by atoms with Gasteiger partial charge in [0.15, 0.2) is 0 Å². The average molecular weight is 285 g/mol. The van der Waals surface area contributed by atoms with Crippen molar-refractivity contribution in [2.45, 2.75) is 32.6 Å². The monoisotopic (exact) mass is 285 g/mol. The van der Waals surface area contributed by atoms with E-state index in [-0.39, 0.29) is 11.8 Å². The number of benzene rings is 1. The van der Waals surface area contributed by atoms with E-state index >= 15 is 0 Å². The Labute approximate surface area is 126 Å². The molecular formula is C18H23NO2. The van der Waals surface area contributed by atoms with Gasteiger partial charge in [-0.15, -0.1) is 0 Å². The zero-order chi connectivity index (χ0) is 14.7. The van der Waals surface area contributed by atoms with E-state index in [9.17, 15) is 4.79 Å². The van der Waals surface area contributed by atoms with Gasteiger partial charge in [0, 0.05) is 11.6 Å². The highest BCUT2D eigenvalue weighted by Crippen LogP contribution is 2.53. The second-order valence-corrected chi connectivity index (χ2v) is 5.93. The van der Waals surface area contributed by atoms with Crippen LogP contribution in [0.25, 0.3) is 0 Å². The number of hydrogen-bond donors (Lipinski definition) is 1. The minimum Gasteiger partial charge on any atom is -0.494 e. The standard InChI is InChI=1S/C18H23NO2/c1-2-21-14-11-9-13(10-12-14)19-18(20)17-15-7-5-3-4-6-8-16(15)17/h3-4,9-12,15-17H,2,5-8H2,1H3,(H,19,20)/b4-3-/t15-,16-/m1/s1. The van der Waals surface area contributed by atoms with E-state index in [1.807, 2.05) is 31.2 Å². The van der Waals surface area contributed by atoms with Gasteiger partial charge in [0.1, 0.15) is 5.75 Å². The molecule has 1 amide bonds. The molecule has 1 saturated carbocycles. The van der Waals surface area contributed by atoms with Gasteiger partial charge >= 0.3 is 0 Å². The molecule has 3 heteroatoms. The normalized spacial score (nSPS) is 28.7. The third-order valence-corrected chi connectivity index (χ3v) is 4.57. The highest BCUT2D eigenvalue weighted by molar-refractivity contribution is 5.94. The number of rotatable bonds is 4. The number of hydrogen-bond acceptors (Lipinski definition) is 2. The van der Waals surface area contributed by atoms with Crippen molar-refractivity contribution in [3.05, 3.63) is 36.4 Å². The molecule has 2 atom stereocenters. The van der Waals surface area contributed by atoms with Crippen LogP contribution in [0, 0.1) is 17.8 Å². The Kier molecular flexibility index (Phi) is 4.28. The van der Waals surface area contributed by atoms with Crippen LogP contribution in [0.2, 0.25) is 0 Å². The maximum absolute atomic E-state index is 12.4. The molecule has 21 heavy (non-hydrogen) atoms. The summed E-state index contributed by atoms with van der Waals surface area (Å²) in [4.78, 5) is 12.4. The fraction of sp³-hybridized carbons (Fsp3) is 0.500. The van der Waals surface area contributed by atoms with E-state index in [2.05, 4.69) is 17.5 Å². The first-order valence-corrected chi connectivity index (χ1v) is 7.98. The molecule has 0 unspecified atom stereocenters. The minimum atomic E-state index is 0.191. The lowest BCUT2D eigenvalue weighted by Crippen LogP contribution is -2.15. The number of carbonyl (C=O) groups is 1. The van der Waals surface area contributed by atoms with E-state index in [1.165, 1.54) is 0 Å². The molecule has 112 valence electrons. The topological polar surface area (TPSA) is 38.3 Å². The Morgan fingerprint density at radius 1 is 1.14 bits per heavy atom. The van der Waals surface area contributed by atoms with Crippen LogP contribution < -0.4 is 10.1 Å². The molecule has 0 aromatic heterocycles. The molecule has 1 fully saturated rings. The Balaban J connectivity index is 1.57. The minimum absolute atomic E-state index is 0.191. The van der Waals surface area contributed by atoms with Gasteiger partial charge in [-0.1, -0.05) is 12.2 Å². The van der Waals surface area contributed by atoms with Gasteiger partial charge in [-0.05, 0) is 68.7 Å². The summed E-state index contributed by atoms with van der Waals surface area (Å²) in [6.45, 7) is 2.62. The van der Waals surface area contributed by atoms with Crippen LogP contribution in [0.4, 0.5) is 5.69 Å². The molecule has 3 rings (SSSR count). The van der Waals surface area contributed by atoms with Gasteiger partial charge in [-0.2, -0.15) is 0 Å². The summed E-state index contributed by atoms with van der Waals surface area (Å²) in [6.07, 6.45) is 9.07. The van der Waals surface area contributed by atoms with Crippen molar-refractivity contribution >= 4 is 11.6 Å². The summed E-state index contributed by atoms with van der Waals surface area (Å²) in [5.41, 5.74) is 0.862. The molecule has 0 bridgehead atoms. The average Bonchev–Trinajstić information content (AvgIpc) is 3.12. The number of ether oxygens (including phenoxy) is 1. The fourth-order valence-electron chi connectivity index (χ4n) is 3.46. The van der Waals surface area contributed by atoms with Crippen LogP contribution in [0.5, 0.6) is 5.75 Å². The highest BCUT2D eigenvalue weighted by atomic mass is 16.5. The Morgan fingerprint density at radius 2 is 1.76 bits per heavy atom. The maximum Gasteiger partial charge on any atom is 0.228 e. The molecule has 0 radical (unpaired) electrons. The predicted molar refractivity (Wildman–Crippen MR) is 84.3 cm³/mol. The van der Waals surface area contributed by atoms with E-state index in [1.54, 1.807) is 0 Å². The van der Waals surface area contributed by atoms with Crippen molar-refractivity contribution in [2.24, 2.45) is 17.8 Å². The van der Waals surface area contributed by atoms with Crippen LogP contribution in [0.3, 0.4) is 0 Å². The van der Waals surface area contributed by atoms with Crippen molar-refractivity contribution in [3.63, 3.8) is 0 Å². The van der Waals surface area contributed by atoms with Crippen LogP contribution in [0.1, 0.15) is 32.6 Å². The van der Waals surface area contributed by atoms with Crippen LogP contribution in [0.15, 0.2) is 36.4 Å². The second-order valence-electron chi connectivity index (χ2n) is 5.93. The first-order chi connectivity index (χ1) is 10.3. The number of amides is 1. The lowest BCUT2D eigenvalue weighted by atomic mass is 10.1. The van der Waals surface area contributed by atoms with Gasteiger partial charge in [-0.3, -0.25) is 4.79 Å². The van der Waals surface area contributed by atoms with Gasteiger partial charge in [0.2, 0.25) is 5.91 Å². The summed E-state index contributed by atoms with van der Waals surface area (Å²) in [6, 6.07) is 7.63.